The molecule has 4 heteroatoms. The van der Waals surface area contributed by atoms with Crippen LogP contribution in [-0.4, -0.2) is 40.4 Å². The number of hydrogen-bond donors (Lipinski definition) is 2. The molecule has 1 heterocycles. The lowest BCUT2D eigenvalue weighted by Gasteiger charge is -2.80. The van der Waals surface area contributed by atoms with Crippen LogP contribution in [0.3, 0.4) is 0 Å². The maximum Gasteiger partial charge on any atom is 0.163 e. The molecule has 4 fully saturated rings. The van der Waals surface area contributed by atoms with Gasteiger partial charge in [0, 0.05) is 5.41 Å². The lowest BCUT2D eigenvalue weighted by Crippen LogP contribution is -2.78. The van der Waals surface area contributed by atoms with Gasteiger partial charge in [-0.2, -0.15) is 0 Å². The van der Waals surface area contributed by atoms with Gasteiger partial charge in [0.05, 0.1) is 24.4 Å². The highest BCUT2D eigenvalue weighted by Gasteiger charge is 2.78. The van der Waals surface area contributed by atoms with Gasteiger partial charge in [0.25, 0.3) is 0 Å². The predicted molar refractivity (Wildman–Crippen MR) is 114 cm³/mol. The predicted octanol–water partition coefficient (Wildman–Crippen LogP) is 4.62. The van der Waals surface area contributed by atoms with Crippen LogP contribution in [-0.2, 0) is 9.47 Å². The van der Waals surface area contributed by atoms with Gasteiger partial charge in [-0.05, 0) is 73.5 Å². The molecular formula is C25H44O4. The minimum Gasteiger partial charge on any atom is -0.390 e. The van der Waals surface area contributed by atoms with Gasteiger partial charge in [0.15, 0.2) is 5.79 Å². The van der Waals surface area contributed by atoms with E-state index in [0.29, 0.717) is 29.6 Å². The molecule has 2 N–H and O–H groups in total. The third kappa shape index (κ3) is 2.64. The van der Waals surface area contributed by atoms with Gasteiger partial charge in [-0.1, -0.05) is 48.5 Å². The van der Waals surface area contributed by atoms with Crippen LogP contribution in [0.4, 0.5) is 0 Å². The zero-order valence-electron chi connectivity index (χ0n) is 20.0. The summed E-state index contributed by atoms with van der Waals surface area (Å²) in [7, 11) is 0. The average Bonchev–Trinajstić information content (AvgIpc) is 2.94. The molecule has 29 heavy (non-hydrogen) atoms. The van der Waals surface area contributed by atoms with Crippen molar-refractivity contribution in [2.75, 3.05) is 0 Å². The topological polar surface area (TPSA) is 58.9 Å². The van der Waals surface area contributed by atoms with Crippen LogP contribution < -0.4 is 0 Å². The van der Waals surface area contributed by atoms with Crippen molar-refractivity contribution in [2.24, 2.45) is 45.8 Å². The Balaban J connectivity index is 1.70. The first-order chi connectivity index (χ1) is 13.2. The smallest absolute Gasteiger partial charge is 0.163 e. The van der Waals surface area contributed by atoms with Crippen molar-refractivity contribution < 1.29 is 19.7 Å². The van der Waals surface area contributed by atoms with Crippen LogP contribution >= 0.6 is 0 Å². The Labute approximate surface area is 177 Å². The van der Waals surface area contributed by atoms with E-state index in [1.54, 1.807) is 0 Å². The van der Waals surface area contributed by atoms with E-state index in [4.69, 9.17) is 9.47 Å². The molecule has 0 aromatic heterocycles. The van der Waals surface area contributed by atoms with E-state index >= 15 is 0 Å². The zero-order valence-corrected chi connectivity index (χ0v) is 20.0. The van der Waals surface area contributed by atoms with E-state index in [1.807, 2.05) is 34.6 Å². The van der Waals surface area contributed by atoms with Crippen LogP contribution in [0.15, 0.2) is 0 Å². The van der Waals surface area contributed by atoms with Gasteiger partial charge in [-0.15, -0.1) is 0 Å². The first-order valence-corrected chi connectivity index (χ1v) is 11.9. The maximum absolute atomic E-state index is 11.5. The highest BCUT2D eigenvalue weighted by atomic mass is 16.8. The van der Waals surface area contributed by atoms with Crippen molar-refractivity contribution >= 4 is 0 Å². The minimum atomic E-state index is -0.726. The maximum atomic E-state index is 11.5. The Morgan fingerprint density at radius 1 is 0.966 bits per heavy atom. The van der Waals surface area contributed by atoms with Crippen molar-refractivity contribution in [1.82, 2.24) is 0 Å². The van der Waals surface area contributed by atoms with E-state index < -0.39 is 18.0 Å². The molecule has 0 aromatic rings. The summed E-state index contributed by atoms with van der Waals surface area (Å²) in [6.45, 7) is 19.3. The van der Waals surface area contributed by atoms with Crippen LogP contribution in [0, 0.1) is 45.8 Å². The molecule has 1 saturated heterocycles. The Hall–Kier alpha value is -0.160. The molecule has 0 spiro atoms. The SMILES string of the molecule is CCC(C)(C(O)C(O)C(C)(C)C)C12CCC1C1C(C)C3OC(C)(C)OC3C(C)C12. The summed E-state index contributed by atoms with van der Waals surface area (Å²) in [6, 6.07) is 0. The van der Waals surface area contributed by atoms with Gasteiger partial charge in [0.1, 0.15) is 0 Å². The van der Waals surface area contributed by atoms with E-state index in [-0.39, 0.29) is 28.5 Å². The van der Waals surface area contributed by atoms with Gasteiger partial charge in [0.2, 0.25) is 0 Å². The Morgan fingerprint density at radius 3 is 1.97 bits per heavy atom. The Kier molecular flexibility index (Phi) is 4.89. The second-order valence-corrected chi connectivity index (χ2v) is 12.6. The van der Waals surface area contributed by atoms with Crippen LogP contribution in [0.2, 0.25) is 0 Å². The monoisotopic (exact) mass is 408 g/mol. The van der Waals surface area contributed by atoms with Crippen molar-refractivity contribution in [3.63, 3.8) is 0 Å². The number of rotatable bonds is 4. The standard InChI is InChI=1S/C25H44O4/c1-10-24(9,21(27)20(26)22(4,5)6)25-12-11-15(25)16-13(2)18-19(14(3)17(16)25)29-23(7,8)28-18/h13-21,26-27H,10-12H2,1-9H3. The summed E-state index contributed by atoms with van der Waals surface area (Å²) >= 11 is 0. The molecule has 0 amide bonds. The molecule has 3 saturated carbocycles. The molecule has 0 radical (unpaired) electrons. The second kappa shape index (κ2) is 6.43. The minimum absolute atomic E-state index is 0.104. The summed E-state index contributed by atoms with van der Waals surface area (Å²) in [5.74, 6) is 2.18. The fourth-order valence-electron chi connectivity index (χ4n) is 8.34. The van der Waals surface area contributed by atoms with E-state index in [2.05, 4.69) is 27.7 Å². The van der Waals surface area contributed by atoms with Gasteiger partial charge < -0.3 is 19.7 Å². The number of ether oxygens (including phenoxy) is 2. The van der Waals surface area contributed by atoms with Crippen molar-refractivity contribution in [3.05, 3.63) is 0 Å². The van der Waals surface area contributed by atoms with E-state index in [9.17, 15) is 10.2 Å². The summed E-state index contributed by atoms with van der Waals surface area (Å²) < 4.78 is 12.8. The molecule has 168 valence electrons. The number of fused-ring (bicyclic) bond motifs is 5. The van der Waals surface area contributed by atoms with Gasteiger partial charge >= 0.3 is 0 Å². The Bertz CT molecular complexity index is 654. The summed E-state index contributed by atoms with van der Waals surface area (Å²) in [4.78, 5) is 0. The number of hydrogen-bond acceptors (Lipinski definition) is 4. The van der Waals surface area contributed by atoms with Crippen LogP contribution in [0.25, 0.3) is 0 Å². The highest BCUT2D eigenvalue weighted by molar-refractivity contribution is 5.26. The normalized spacial score (nSPS) is 49.6. The van der Waals surface area contributed by atoms with Gasteiger partial charge in [-0.25, -0.2) is 0 Å². The van der Waals surface area contributed by atoms with Crippen molar-refractivity contribution in [3.8, 4) is 0 Å². The molecular weight excluding hydrogens is 364 g/mol. The first-order valence-electron chi connectivity index (χ1n) is 11.9. The molecule has 4 nitrogen and oxygen atoms in total. The summed E-state index contributed by atoms with van der Waals surface area (Å²) in [5.41, 5.74) is -0.524. The molecule has 3 aliphatic carbocycles. The van der Waals surface area contributed by atoms with Gasteiger partial charge in [-0.3, -0.25) is 0 Å². The lowest BCUT2D eigenvalue weighted by molar-refractivity contribution is -0.344. The molecule has 4 rings (SSSR count). The number of aliphatic hydroxyl groups is 2. The lowest BCUT2D eigenvalue weighted by atomic mass is 9.25. The third-order valence-electron chi connectivity index (χ3n) is 10.0. The number of aliphatic hydroxyl groups excluding tert-OH is 2. The molecule has 0 bridgehead atoms. The van der Waals surface area contributed by atoms with E-state index in [1.165, 1.54) is 6.42 Å². The van der Waals surface area contributed by atoms with Crippen molar-refractivity contribution in [1.29, 1.82) is 0 Å². The fourth-order valence-corrected chi connectivity index (χ4v) is 8.34. The quantitative estimate of drug-likeness (QED) is 0.713. The summed E-state index contributed by atoms with van der Waals surface area (Å²) in [6.07, 6.45) is 2.16. The molecule has 11 atom stereocenters. The molecule has 0 aromatic carbocycles. The second-order valence-electron chi connectivity index (χ2n) is 12.6. The van der Waals surface area contributed by atoms with Crippen LogP contribution in [0.5, 0.6) is 0 Å². The average molecular weight is 409 g/mol. The Morgan fingerprint density at radius 2 is 1.52 bits per heavy atom. The van der Waals surface area contributed by atoms with Crippen molar-refractivity contribution in [2.45, 2.75) is 112 Å². The zero-order chi connectivity index (χ0) is 21.7. The molecule has 4 aliphatic rings. The first kappa shape index (κ1) is 22.0. The molecule has 11 unspecified atom stereocenters. The van der Waals surface area contributed by atoms with E-state index in [0.717, 1.165) is 12.8 Å². The van der Waals surface area contributed by atoms with Crippen LogP contribution in [0.1, 0.15) is 81.6 Å². The largest absolute Gasteiger partial charge is 0.390 e. The molecule has 1 aliphatic heterocycles. The third-order valence-corrected chi connectivity index (χ3v) is 10.0. The fraction of sp³-hybridized carbons (Fsp3) is 1.00. The highest BCUT2D eigenvalue weighted by Crippen LogP contribution is 2.81. The summed E-state index contributed by atoms with van der Waals surface area (Å²) in [5, 5.41) is 22.6.